The van der Waals surface area contributed by atoms with E-state index in [9.17, 15) is 4.79 Å². The van der Waals surface area contributed by atoms with Gasteiger partial charge in [0.1, 0.15) is 13.3 Å². The number of benzene rings is 1. The van der Waals surface area contributed by atoms with Crippen molar-refractivity contribution in [3.63, 3.8) is 0 Å². The van der Waals surface area contributed by atoms with Gasteiger partial charge in [-0.1, -0.05) is 24.3 Å². The first kappa shape index (κ1) is 17.5. The van der Waals surface area contributed by atoms with Crippen molar-refractivity contribution in [3.8, 4) is 0 Å². The molecule has 132 valence electrons. The maximum atomic E-state index is 11.8. The second-order valence-electron chi connectivity index (χ2n) is 6.65. The molecule has 0 aliphatic carbocycles. The van der Waals surface area contributed by atoms with Crippen LogP contribution in [-0.2, 0) is 32.5 Å². The van der Waals surface area contributed by atoms with Crippen LogP contribution in [0.4, 0.5) is 0 Å². The van der Waals surface area contributed by atoms with Gasteiger partial charge < -0.3 is 4.74 Å². The molecule has 2 atom stereocenters. The lowest BCUT2D eigenvalue weighted by Crippen LogP contribution is -2.49. The van der Waals surface area contributed by atoms with Crippen LogP contribution < -0.4 is 5.32 Å². The molecule has 1 amide bonds. The molecule has 2 aliphatic rings. The molecule has 1 N–H and O–H groups in total. The van der Waals surface area contributed by atoms with Crippen molar-refractivity contribution in [1.29, 1.82) is 0 Å². The lowest BCUT2D eigenvalue weighted by molar-refractivity contribution is -0.792. The number of amides is 1. The number of hydrogen-bond donors (Lipinski definition) is 1. The molecule has 0 bridgehead atoms. The Balaban J connectivity index is 1.37. The first-order valence-electron chi connectivity index (χ1n) is 8.69. The van der Waals surface area contributed by atoms with E-state index in [1.165, 1.54) is 12.8 Å². The number of rotatable bonds is 8. The Morgan fingerprint density at radius 3 is 2.46 bits per heavy atom. The van der Waals surface area contributed by atoms with Gasteiger partial charge in [0.25, 0.3) is 0 Å². The van der Waals surface area contributed by atoms with E-state index in [4.69, 9.17) is 14.5 Å². The average molecular weight is 335 g/mol. The molecule has 2 heterocycles. The smallest absolute Gasteiger partial charge is 0.370 e. The molecule has 1 aromatic carbocycles. The summed E-state index contributed by atoms with van der Waals surface area (Å²) in [5.74, 6) is 0.353. The first-order valence-corrected chi connectivity index (χ1v) is 8.69. The zero-order chi connectivity index (χ0) is 16.8. The largest absolute Gasteiger partial charge is 0.380 e. The lowest BCUT2D eigenvalue weighted by atomic mass is 10.1. The number of ether oxygens (including phenoxy) is 1. The van der Waals surface area contributed by atoms with E-state index in [2.05, 4.69) is 5.32 Å². The van der Waals surface area contributed by atoms with Gasteiger partial charge in [-0.05, 0) is 30.4 Å². The summed E-state index contributed by atoms with van der Waals surface area (Å²) in [5, 5.41) is 3.34. The quantitative estimate of drug-likeness (QED) is 0.197. The Bertz CT molecular complexity index is 548. The molecule has 3 rings (SSSR count). The van der Waals surface area contributed by atoms with Gasteiger partial charge in [0.2, 0.25) is 6.54 Å². The summed E-state index contributed by atoms with van der Waals surface area (Å²) in [4.78, 5) is 22.4. The highest BCUT2D eigenvalue weighted by Gasteiger charge is 2.60. The van der Waals surface area contributed by atoms with E-state index in [1.54, 1.807) is 7.11 Å². The molecule has 2 unspecified atom stereocenters. The van der Waals surface area contributed by atoms with E-state index in [1.807, 2.05) is 24.3 Å². The molecular formula is C18H27N2O4+. The topological polar surface area (TPSA) is 56.8 Å². The minimum Gasteiger partial charge on any atom is -0.380 e. The van der Waals surface area contributed by atoms with Crippen LogP contribution in [0, 0.1) is 0 Å². The van der Waals surface area contributed by atoms with Gasteiger partial charge >= 0.3 is 5.91 Å². The second-order valence-corrected chi connectivity index (χ2v) is 6.65. The van der Waals surface area contributed by atoms with E-state index in [0.717, 1.165) is 30.5 Å². The van der Waals surface area contributed by atoms with Gasteiger partial charge in [-0.15, -0.1) is 0 Å². The molecule has 0 aromatic heterocycles. The third-order valence-corrected chi connectivity index (χ3v) is 4.96. The van der Waals surface area contributed by atoms with Gasteiger partial charge in [0.15, 0.2) is 6.17 Å². The maximum absolute atomic E-state index is 11.8. The summed E-state index contributed by atoms with van der Waals surface area (Å²) < 4.78 is 5.69. The highest BCUT2D eigenvalue weighted by molar-refractivity contribution is 5.82. The Morgan fingerprint density at radius 1 is 1.08 bits per heavy atom. The number of hydrogen-bond acceptors (Lipinski definition) is 5. The third kappa shape index (κ3) is 4.20. The van der Waals surface area contributed by atoms with Crippen LogP contribution in [0.5, 0.6) is 0 Å². The summed E-state index contributed by atoms with van der Waals surface area (Å²) in [6, 6.07) is 8.05. The normalized spacial score (nSPS) is 26.5. The second kappa shape index (κ2) is 8.18. The number of methoxy groups -OCH3 is 1. The van der Waals surface area contributed by atoms with Gasteiger partial charge in [0.05, 0.1) is 13.2 Å². The van der Waals surface area contributed by atoms with Crippen LogP contribution in [0.3, 0.4) is 0 Å². The standard InChI is InChI=1S/C18H27N2O4/c1-22-12-15-6-8-16(9-7-15)13-23-24-14-19-17-5-3-2-4-10-20(17)11-18(20)21/h6-9,17,19H,2-5,10-14H2,1H3/q+1. The molecule has 1 spiro atoms. The SMILES string of the molecule is COCc1ccc(COOCNC2CCCCC[N+]23CC3=O)cc1. The molecule has 24 heavy (non-hydrogen) atoms. The molecule has 1 aromatic rings. The fraction of sp³-hybridized carbons (Fsp3) is 0.611. The van der Waals surface area contributed by atoms with Crippen molar-refractivity contribution in [2.45, 2.75) is 45.1 Å². The van der Waals surface area contributed by atoms with Crippen molar-refractivity contribution in [2.75, 3.05) is 26.9 Å². The molecule has 2 fully saturated rings. The van der Waals surface area contributed by atoms with Crippen LogP contribution in [0.2, 0.25) is 0 Å². The maximum Gasteiger partial charge on any atom is 0.370 e. The number of carbonyl (C=O) groups excluding carboxylic acids is 1. The van der Waals surface area contributed by atoms with Crippen molar-refractivity contribution in [3.05, 3.63) is 35.4 Å². The van der Waals surface area contributed by atoms with Gasteiger partial charge in [-0.3, -0.25) is 0 Å². The highest BCUT2D eigenvalue weighted by atomic mass is 17.2. The molecule has 2 saturated heterocycles. The summed E-state index contributed by atoms with van der Waals surface area (Å²) in [7, 11) is 1.68. The Labute approximate surface area is 143 Å². The molecule has 0 radical (unpaired) electrons. The third-order valence-electron chi connectivity index (χ3n) is 4.96. The summed E-state index contributed by atoms with van der Waals surface area (Å²) in [6.45, 7) is 2.96. The monoisotopic (exact) mass is 335 g/mol. The minimum absolute atomic E-state index is 0.178. The number of carbonyl (C=O) groups is 1. The average Bonchev–Trinajstić information content (AvgIpc) is 3.29. The number of nitrogens with zero attached hydrogens (tertiary/aromatic N) is 1. The van der Waals surface area contributed by atoms with Crippen LogP contribution >= 0.6 is 0 Å². The van der Waals surface area contributed by atoms with E-state index in [0.29, 0.717) is 36.9 Å². The lowest BCUT2D eigenvalue weighted by Gasteiger charge is -2.24. The fourth-order valence-corrected chi connectivity index (χ4v) is 3.46. The van der Waals surface area contributed by atoms with Crippen LogP contribution in [0.25, 0.3) is 0 Å². The zero-order valence-electron chi connectivity index (χ0n) is 14.3. The van der Waals surface area contributed by atoms with Crippen molar-refractivity contribution < 1.29 is 23.8 Å². The molecule has 6 heteroatoms. The van der Waals surface area contributed by atoms with Gasteiger partial charge in [0, 0.05) is 13.5 Å². The van der Waals surface area contributed by atoms with Gasteiger partial charge in [-0.2, -0.15) is 0 Å². The molecule has 0 saturated carbocycles. The molecular weight excluding hydrogens is 308 g/mol. The van der Waals surface area contributed by atoms with Crippen molar-refractivity contribution in [2.24, 2.45) is 0 Å². The minimum atomic E-state index is 0.178. The summed E-state index contributed by atoms with van der Waals surface area (Å²) in [6.07, 6.45) is 4.72. The Hall–Kier alpha value is -1.31. The van der Waals surface area contributed by atoms with Crippen LogP contribution in [-0.4, -0.2) is 43.5 Å². The predicted octanol–water partition coefficient (Wildman–Crippen LogP) is 2.09. The number of quaternary nitrogens is 1. The Kier molecular flexibility index (Phi) is 5.97. The van der Waals surface area contributed by atoms with Crippen molar-refractivity contribution in [1.82, 2.24) is 5.32 Å². The molecule has 2 aliphatic heterocycles. The zero-order valence-corrected chi connectivity index (χ0v) is 14.3. The number of nitrogens with one attached hydrogen (secondary N) is 1. The van der Waals surface area contributed by atoms with Crippen molar-refractivity contribution >= 4 is 5.91 Å². The van der Waals surface area contributed by atoms with Crippen LogP contribution in [0.15, 0.2) is 24.3 Å². The molecule has 6 nitrogen and oxygen atoms in total. The van der Waals surface area contributed by atoms with Gasteiger partial charge in [-0.25, -0.2) is 24.4 Å². The summed E-state index contributed by atoms with van der Waals surface area (Å²) >= 11 is 0. The Morgan fingerprint density at radius 2 is 1.79 bits per heavy atom. The van der Waals surface area contributed by atoms with E-state index < -0.39 is 0 Å². The first-order chi connectivity index (χ1) is 11.7. The predicted molar refractivity (Wildman–Crippen MR) is 88.3 cm³/mol. The van der Waals surface area contributed by atoms with E-state index >= 15 is 0 Å². The fourth-order valence-electron chi connectivity index (χ4n) is 3.46. The summed E-state index contributed by atoms with van der Waals surface area (Å²) in [5.41, 5.74) is 2.18. The van der Waals surface area contributed by atoms with E-state index in [-0.39, 0.29) is 6.17 Å². The highest BCUT2D eigenvalue weighted by Crippen LogP contribution is 2.33. The van der Waals surface area contributed by atoms with Crippen LogP contribution in [0.1, 0.15) is 36.8 Å².